The Morgan fingerprint density at radius 2 is 0.816 bits per heavy atom. The number of rotatable bonds is 31. The number of unbranched alkanes of at least 4 members (excludes halogenated alkanes) is 25. The van der Waals surface area contributed by atoms with Crippen molar-refractivity contribution in [2.45, 2.75) is 218 Å². The van der Waals surface area contributed by atoms with Crippen LogP contribution in [-0.2, 0) is 4.74 Å². The van der Waals surface area contributed by atoms with Gasteiger partial charge in [-0.3, -0.25) is 0 Å². The number of aliphatic hydroxyl groups is 1. The van der Waals surface area contributed by atoms with Crippen LogP contribution in [0.4, 0.5) is 0 Å². The van der Waals surface area contributed by atoms with Gasteiger partial charge in [0.05, 0.1) is 0 Å². The third-order valence-corrected chi connectivity index (χ3v) is 8.66. The van der Waals surface area contributed by atoms with Gasteiger partial charge in [0.1, 0.15) is 6.10 Å². The van der Waals surface area contributed by atoms with E-state index in [0.717, 1.165) is 19.3 Å². The Bertz CT molecular complexity index is 502. The van der Waals surface area contributed by atoms with E-state index in [1.54, 1.807) is 0 Å². The van der Waals surface area contributed by atoms with Crippen molar-refractivity contribution in [2.24, 2.45) is 0 Å². The van der Waals surface area contributed by atoms with E-state index < -0.39 is 5.79 Å². The van der Waals surface area contributed by atoms with Crippen LogP contribution in [0.3, 0.4) is 0 Å². The normalized spacial score (nSPS) is 19.1. The molecule has 1 rings (SSSR count). The quantitative estimate of drug-likeness (QED) is 0.0545. The third kappa shape index (κ3) is 22.5. The highest BCUT2D eigenvalue weighted by Crippen LogP contribution is 2.41. The molecular formula is C36H70O2. The first-order chi connectivity index (χ1) is 18.7. The number of hydrogen-bond acceptors (Lipinski definition) is 2. The van der Waals surface area contributed by atoms with Gasteiger partial charge >= 0.3 is 0 Å². The van der Waals surface area contributed by atoms with Gasteiger partial charge in [-0.05, 0) is 38.5 Å². The molecular weight excluding hydrogens is 464 g/mol. The summed E-state index contributed by atoms with van der Waals surface area (Å²) in [7, 11) is 0. The Hall–Kier alpha value is -0.340. The monoisotopic (exact) mass is 535 g/mol. The fraction of sp³-hybridized carbons (Fsp3) is 0.944. The second kappa shape index (κ2) is 26.9. The zero-order valence-electron chi connectivity index (χ0n) is 26.3. The topological polar surface area (TPSA) is 32.8 Å². The summed E-state index contributed by atoms with van der Waals surface area (Å²) in [5, 5.41) is 10.6. The fourth-order valence-electron chi connectivity index (χ4n) is 5.87. The minimum atomic E-state index is -0.767. The molecule has 0 saturated carbocycles. The first-order valence-electron chi connectivity index (χ1n) is 17.8. The summed E-state index contributed by atoms with van der Waals surface area (Å²) in [4.78, 5) is 0. The summed E-state index contributed by atoms with van der Waals surface area (Å²) in [5.74, 6) is -0.767. The number of epoxide rings is 1. The lowest BCUT2D eigenvalue weighted by atomic mass is 10.0. The molecule has 0 spiro atoms. The van der Waals surface area contributed by atoms with Gasteiger partial charge in [0, 0.05) is 6.42 Å². The van der Waals surface area contributed by atoms with Crippen LogP contribution in [0.1, 0.15) is 206 Å². The minimum Gasteiger partial charge on any atom is -0.363 e. The van der Waals surface area contributed by atoms with Crippen molar-refractivity contribution in [1.82, 2.24) is 0 Å². The van der Waals surface area contributed by atoms with Gasteiger partial charge in [0.25, 0.3) is 0 Å². The van der Waals surface area contributed by atoms with Gasteiger partial charge in [0.2, 0.25) is 0 Å². The van der Waals surface area contributed by atoms with Crippen LogP contribution in [0.2, 0.25) is 0 Å². The molecule has 0 aromatic rings. The Balaban J connectivity index is 1.76. The largest absolute Gasteiger partial charge is 0.363 e. The zero-order chi connectivity index (χ0) is 27.4. The van der Waals surface area contributed by atoms with Crippen LogP contribution in [0, 0.1) is 0 Å². The lowest BCUT2D eigenvalue weighted by Gasteiger charge is -2.06. The summed E-state index contributed by atoms with van der Waals surface area (Å²) < 4.78 is 5.69. The number of allylic oxidation sites excluding steroid dienone is 2. The molecule has 0 aromatic carbocycles. The van der Waals surface area contributed by atoms with Crippen molar-refractivity contribution >= 4 is 0 Å². The van der Waals surface area contributed by atoms with Gasteiger partial charge in [-0.2, -0.15) is 0 Å². The first-order valence-corrected chi connectivity index (χ1v) is 17.8. The smallest absolute Gasteiger partial charge is 0.192 e. The molecule has 38 heavy (non-hydrogen) atoms. The molecule has 0 aliphatic carbocycles. The predicted molar refractivity (Wildman–Crippen MR) is 169 cm³/mol. The highest BCUT2D eigenvalue weighted by Gasteiger charge is 2.53. The van der Waals surface area contributed by atoms with Crippen LogP contribution < -0.4 is 0 Å². The average molecular weight is 535 g/mol. The van der Waals surface area contributed by atoms with E-state index in [2.05, 4.69) is 26.0 Å². The van der Waals surface area contributed by atoms with E-state index >= 15 is 0 Å². The van der Waals surface area contributed by atoms with Crippen LogP contribution in [0.15, 0.2) is 12.2 Å². The summed E-state index contributed by atoms with van der Waals surface area (Å²) >= 11 is 0. The maximum absolute atomic E-state index is 10.6. The molecule has 226 valence electrons. The van der Waals surface area contributed by atoms with Gasteiger partial charge in [0.15, 0.2) is 5.79 Å². The van der Waals surface area contributed by atoms with Gasteiger partial charge in [-0.15, -0.1) is 0 Å². The predicted octanol–water partition coefficient (Wildman–Crippen LogP) is 12.4. The van der Waals surface area contributed by atoms with Crippen LogP contribution >= 0.6 is 0 Å². The number of ether oxygens (including phenoxy) is 1. The van der Waals surface area contributed by atoms with Crippen molar-refractivity contribution < 1.29 is 9.84 Å². The van der Waals surface area contributed by atoms with Gasteiger partial charge in [-0.1, -0.05) is 174 Å². The molecule has 2 heteroatoms. The van der Waals surface area contributed by atoms with E-state index in [-0.39, 0.29) is 6.10 Å². The molecule has 0 amide bonds. The molecule has 2 unspecified atom stereocenters. The van der Waals surface area contributed by atoms with E-state index in [0.29, 0.717) is 0 Å². The molecule has 0 aromatic heterocycles. The lowest BCUT2D eigenvalue weighted by molar-refractivity contribution is 0.0263. The molecule has 1 saturated heterocycles. The Morgan fingerprint density at radius 3 is 1.24 bits per heavy atom. The standard InChI is InChI=1S/C36H70O2/c1-3-5-7-9-11-13-15-17-19-20-22-24-26-28-30-32-34-36(37)35(38-36)33-31-29-27-25-23-21-18-16-14-12-10-8-6-4-2/h17,19,35,37H,3-16,18,20-34H2,1-2H3/b19-17-. The maximum Gasteiger partial charge on any atom is 0.192 e. The molecule has 1 fully saturated rings. The van der Waals surface area contributed by atoms with Crippen LogP contribution in [-0.4, -0.2) is 17.0 Å². The molecule has 1 N–H and O–H groups in total. The zero-order valence-corrected chi connectivity index (χ0v) is 26.3. The van der Waals surface area contributed by atoms with Gasteiger partial charge in [-0.25, -0.2) is 0 Å². The second-order valence-corrected chi connectivity index (χ2v) is 12.5. The van der Waals surface area contributed by atoms with Crippen molar-refractivity contribution in [3.8, 4) is 0 Å². The molecule has 2 atom stereocenters. The van der Waals surface area contributed by atoms with Crippen LogP contribution in [0.25, 0.3) is 0 Å². The van der Waals surface area contributed by atoms with E-state index in [1.165, 1.54) is 173 Å². The summed E-state index contributed by atoms with van der Waals surface area (Å²) in [5.41, 5.74) is 0. The lowest BCUT2D eigenvalue weighted by Crippen LogP contribution is -2.13. The van der Waals surface area contributed by atoms with Crippen molar-refractivity contribution in [3.05, 3.63) is 12.2 Å². The van der Waals surface area contributed by atoms with Crippen molar-refractivity contribution in [2.75, 3.05) is 0 Å². The van der Waals surface area contributed by atoms with E-state index in [4.69, 9.17) is 4.74 Å². The summed E-state index contributed by atoms with van der Waals surface area (Å²) in [6, 6.07) is 0. The van der Waals surface area contributed by atoms with Crippen molar-refractivity contribution in [3.63, 3.8) is 0 Å². The molecule has 0 bridgehead atoms. The SMILES string of the molecule is CCCCCCCC/C=C\CCCCCCCCC1(O)OC1CCCCCCCCCCCCCCCC. The highest BCUT2D eigenvalue weighted by atomic mass is 16.7. The summed E-state index contributed by atoms with van der Waals surface area (Å²) in [6.07, 6.45) is 45.0. The Labute approximate surface area is 240 Å². The Morgan fingerprint density at radius 1 is 0.474 bits per heavy atom. The van der Waals surface area contributed by atoms with Gasteiger partial charge < -0.3 is 9.84 Å². The second-order valence-electron chi connectivity index (χ2n) is 12.5. The maximum atomic E-state index is 10.6. The minimum absolute atomic E-state index is 0.128. The third-order valence-electron chi connectivity index (χ3n) is 8.66. The highest BCUT2D eigenvalue weighted by molar-refractivity contribution is 4.92. The van der Waals surface area contributed by atoms with E-state index in [9.17, 15) is 5.11 Å². The molecule has 0 radical (unpaired) electrons. The fourth-order valence-corrected chi connectivity index (χ4v) is 5.87. The van der Waals surface area contributed by atoms with Crippen LogP contribution in [0.5, 0.6) is 0 Å². The molecule has 1 heterocycles. The van der Waals surface area contributed by atoms with E-state index in [1.807, 2.05) is 0 Å². The summed E-state index contributed by atoms with van der Waals surface area (Å²) in [6.45, 7) is 4.58. The molecule has 2 nitrogen and oxygen atoms in total. The van der Waals surface area contributed by atoms with Crippen molar-refractivity contribution in [1.29, 1.82) is 0 Å². The first kappa shape index (κ1) is 35.7. The molecule has 1 aliphatic rings. The molecule has 1 aliphatic heterocycles. The number of hydrogen-bond donors (Lipinski definition) is 1. The average Bonchev–Trinajstić information content (AvgIpc) is 3.57. The Kier molecular flexibility index (Phi) is 25.2.